The number of rotatable bonds is 7. The summed E-state index contributed by atoms with van der Waals surface area (Å²) in [6.07, 6.45) is -14.7. The Balaban J connectivity index is 1.82. The first-order valence-corrected chi connectivity index (χ1v) is 12.6. The molecule has 1 heterocycles. The number of nitrogens with one attached hydrogen (secondary N) is 1. The molecule has 0 aliphatic rings. The van der Waals surface area contributed by atoms with Gasteiger partial charge < -0.3 is 19.6 Å². The van der Waals surface area contributed by atoms with Gasteiger partial charge in [-0.25, -0.2) is 13.2 Å². The van der Waals surface area contributed by atoms with Crippen molar-refractivity contribution in [1.29, 1.82) is 0 Å². The van der Waals surface area contributed by atoms with E-state index >= 15 is 0 Å². The molecule has 3 aromatic carbocycles. The summed E-state index contributed by atoms with van der Waals surface area (Å²) >= 11 is 0. The number of carboxylic acid groups (broad SMARTS) is 1. The van der Waals surface area contributed by atoms with E-state index in [1.807, 2.05) is 0 Å². The molecule has 0 atom stereocenters. The number of hydrogen-bond donors (Lipinski definition) is 2. The third-order valence-corrected chi connectivity index (χ3v) is 7.46. The van der Waals surface area contributed by atoms with Crippen LogP contribution in [0.25, 0.3) is 10.9 Å². The maximum atomic E-state index is 13.8. The van der Waals surface area contributed by atoms with Crippen LogP contribution in [0, 0.1) is 0 Å². The van der Waals surface area contributed by atoms with Gasteiger partial charge in [0.05, 0.1) is 15.4 Å². The number of aliphatic carboxylic acids is 1. The molecule has 7 nitrogen and oxygen atoms in total. The molecule has 0 aliphatic heterocycles. The highest BCUT2D eigenvalue weighted by molar-refractivity contribution is 7.91. The average molecular weight is 627 g/mol. The van der Waals surface area contributed by atoms with Gasteiger partial charge in [0.2, 0.25) is 9.84 Å². The zero-order chi connectivity index (χ0) is 31.3. The van der Waals surface area contributed by atoms with Crippen molar-refractivity contribution in [3.63, 3.8) is 0 Å². The Bertz CT molecular complexity index is 1720. The average Bonchev–Trinajstić information content (AvgIpc) is 3.30. The van der Waals surface area contributed by atoms with Gasteiger partial charge >= 0.3 is 24.5 Å². The van der Waals surface area contributed by atoms with Crippen molar-refractivity contribution >= 4 is 26.7 Å². The maximum Gasteiger partial charge on any atom is 0.420 e. The Morgan fingerprint density at radius 2 is 1.36 bits per heavy atom. The number of carboxylic acids is 1. The molecular weight excluding hydrogens is 613 g/mol. The van der Waals surface area contributed by atoms with Crippen LogP contribution < -0.4 is 9.47 Å². The van der Waals surface area contributed by atoms with Gasteiger partial charge in [0.1, 0.15) is 22.6 Å². The molecule has 0 radical (unpaired) electrons. The number of alkyl halides is 9. The lowest BCUT2D eigenvalue weighted by molar-refractivity contribution is -0.145. The van der Waals surface area contributed by atoms with E-state index in [-0.39, 0.29) is 23.0 Å². The highest BCUT2D eigenvalue weighted by Crippen LogP contribution is 2.48. The first-order valence-electron chi connectivity index (χ1n) is 11.2. The molecule has 4 aromatic rings. The SMILES string of the molecule is O=C(O)COc1cc(C(F)(F)F)c(Oc2ccc3[nH]cc(S(=O)(=O)c4ccc(C(F)(F)F)cc4)c3c2)c(C(F)(F)F)c1. The van der Waals surface area contributed by atoms with E-state index in [2.05, 4.69) is 9.72 Å². The molecule has 2 N–H and O–H groups in total. The van der Waals surface area contributed by atoms with E-state index in [0.29, 0.717) is 24.3 Å². The third-order valence-electron chi connectivity index (χ3n) is 5.65. The largest absolute Gasteiger partial charge is 0.482 e. The van der Waals surface area contributed by atoms with Gasteiger partial charge in [-0.3, -0.25) is 0 Å². The second kappa shape index (κ2) is 10.5. The fourth-order valence-corrected chi connectivity index (χ4v) is 5.21. The van der Waals surface area contributed by atoms with Crippen molar-refractivity contribution < 1.29 is 67.3 Å². The second-order valence-corrected chi connectivity index (χ2v) is 10.4. The Morgan fingerprint density at radius 3 is 1.86 bits per heavy atom. The first kappa shape index (κ1) is 30.5. The molecule has 0 saturated heterocycles. The summed E-state index contributed by atoms with van der Waals surface area (Å²) < 4.78 is 158. The summed E-state index contributed by atoms with van der Waals surface area (Å²) in [4.78, 5) is 12.1. The van der Waals surface area contributed by atoms with Crippen LogP contribution in [-0.4, -0.2) is 31.1 Å². The van der Waals surface area contributed by atoms with Crippen LogP contribution in [0.2, 0.25) is 0 Å². The monoisotopic (exact) mass is 627 g/mol. The van der Waals surface area contributed by atoms with Crippen molar-refractivity contribution in [3.8, 4) is 17.2 Å². The molecule has 17 heteroatoms. The molecule has 0 saturated carbocycles. The number of aromatic amines is 1. The van der Waals surface area contributed by atoms with E-state index < -0.39 is 84.7 Å². The van der Waals surface area contributed by atoms with Crippen LogP contribution >= 0.6 is 0 Å². The number of ether oxygens (including phenoxy) is 2. The minimum absolute atomic E-state index is 0.0531. The Hall–Kier alpha value is -4.41. The second-order valence-electron chi connectivity index (χ2n) is 8.51. The molecule has 0 fully saturated rings. The van der Waals surface area contributed by atoms with Crippen molar-refractivity contribution in [1.82, 2.24) is 4.98 Å². The zero-order valence-corrected chi connectivity index (χ0v) is 21.1. The molecule has 0 unspecified atom stereocenters. The molecule has 4 rings (SSSR count). The minimum atomic E-state index is -5.45. The summed E-state index contributed by atoms with van der Waals surface area (Å²) in [5.41, 5.74) is -5.01. The summed E-state index contributed by atoms with van der Waals surface area (Å²) in [5, 5.41) is 8.41. The quantitative estimate of drug-likeness (QED) is 0.208. The lowest BCUT2D eigenvalue weighted by Gasteiger charge is -2.20. The van der Waals surface area contributed by atoms with Crippen LogP contribution in [0.4, 0.5) is 39.5 Å². The standard InChI is InChI=1S/C25H14F9NO6S/c26-23(27,28)12-1-4-15(5-2-12)42(38,39)20-10-35-19-6-3-13(7-16(19)20)41-22-17(24(29,30)31)8-14(40-11-21(36)37)9-18(22)25(32,33)34/h1-10,35H,11H2,(H,36,37). The number of aromatic nitrogens is 1. The van der Waals surface area contributed by atoms with Crippen LogP contribution in [0.1, 0.15) is 16.7 Å². The van der Waals surface area contributed by atoms with Gasteiger partial charge in [-0.2, -0.15) is 39.5 Å². The van der Waals surface area contributed by atoms with Gasteiger partial charge in [-0.1, -0.05) is 0 Å². The van der Waals surface area contributed by atoms with Crippen LogP contribution in [0.3, 0.4) is 0 Å². The predicted molar refractivity (Wildman–Crippen MR) is 125 cm³/mol. The molecular formula is C25H14F9NO6S. The lowest BCUT2D eigenvalue weighted by Crippen LogP contribution is -2.16. The molecule has 224 valence electrons. The van der Waals surface area contributed by atoms with Crippen LogP contribution in [0.5, 0.6) is 17.2 Å². The predicted octanol–water partition coefficient (Wildman–Crippen LogP) is 7.31. The third kappa shape index (κ3) is 6.24. The normalized spacial score (nSPS) is 12.9. The van der Waals surface area contributed by atoms with Gasteiger partial charge in [-0.05, 0) is 54.6 Å². The topological polar surface area (TPSA) is 106 Å². The van der Waals surface area contributed by atoms with E-state index in [1.54, 1.807) is 0 Å². The van der Waals surface area contributed by atoms with Crippen molar-refractivity contribution in [2.24, 2.45) is 0 Å². The van der Waals surface area contributed by atoms with Gasteiger partial charge in [0, 0.05) is 17.1 Å². The van der Waals surface area contributed by atoms with Crippen LogP contribution in [0.15, 0.2) is 70.6 Å². The number of halogens is 9. The van der Waals surface area contributed by atoms with Crippen LogP contribution in [-0.2, 0) is 33.2 Å². The number of H-pyrrole nitrogens is 1. The summed E-state index contributed by atoms with van der Waals surface area (Å²) in [5.74, 6) is -5.12. The number of benzene rings is 3. The molecule has 0 spiro atoms. The fourth-order valence-electron chi connectivity index (χ4n) is 3.79. The van der Waals surface area contributed by atoms with E-state index in [1.165, 1.54) is 0 Å². The number of fused-ring (bicyclic) bond motifs is 1. The number of carbonyl (C=O) groups is 1. The van der Waals surface area contributed by atoms with E-state index in [0.717, 1.165) is 24.4 Å². The van der Waals surface area contributed by atoms with Gasteiger partial charge in [-0.15, -0.1) is 0 Å². The summed E-state index contributed by atoms with van der Waals surface area (Å²) in [7, 11) is -4.53. The molecule has 0 amide bonds. The maximum absolute atomic E-state index is 13.8. The summed E-state index contributed by atoms with van der Waals surface area (Å²) in [6, 6.07) is 5.54. The van der Waals surface area contributed by atoms with Crippen molar-refractivity contribution in [2.45, 2.75) is 28.3 Å². The molecule has 1 aromatic heterocycles. The molecule has 42 heavy (non-hydrogen) atoms. The first-order chi connectivity index (χ1) is 19.3. The Labute approximate surface area is 229 Å². The molecule has 0 aliphatic carbocycles. The molecule has 0 bridgehead atoms. The summed E-state index contributed by atoms with van der Waals surface area (Å²) in [6.45, 7) is -1.24. The van der Waals surface area contributed by atoms with E-state index in [9.17, 15) is 52.7 Å². The van der Waals surface area contributed by atoms with E-state index in [4.69, 9.17) is 9.84 Å². The lowest BCUT2D eigenvalue weighted by atomic mass is 10.1. The number of hydrogen-bond acceptors (Lipinski definition) is 5. The Kier molecular flexibility index (Phi) is 7.60. The Morgan fingerprint density at radius 1 is 0.786 bits per heavy atom. The van der Waals surface area contributed by atoms with Gasteiger partial charge in [0.25, 0.3) is 0 Å². The fraction of sp³-hybridized carbons (Fsp3) is 0.160. The van der Waals surface area contributed by atoms with Crippen molar-refractivity contribution in [3.05, 3.63) is 77.5 Å². The zero-order valence-electron chi connectivity index (χ0n) is 20.3. The highest BCUT2D eigenvalue weighted by atomic mass is 32.2. The number of sulfone groups is 1. The highest BCUT2D eigenvalue weighted by Gasteiger charge is 2.43. The smallest absolute Gasteiger partial charge is 0.420 e. The van der Waals surface area contributed by atoms with Gasteiger partial charge in [0.15, 0.2) is 12.4 Å². The van der Waals surface area contributed by atoms with Crippen molar-refractivity contribution in [2.75, 3.05) is 6.61 Å². The minimum Gasteiger partial charge on any atom is -0.482 e.